The standard InChI is InChI=1S/C9H12N2O3/c1-6(12)4-8-10-9(11-14-8)7-2-3-13-5-7/h7H,2-5H2,1H3. The van der Waals surface area contributed by atoms with E-state index in [1.807, 2.05) is 0 Å². The minimum Gasteiger partial charge on any atom is -0.381 e. The summed E-state index contributed by atoms with van der Waals surface area (Å²) in [7, 11) is 0. The van der Waals surface area contributed by atoms with Gasteiger partial charge in [0.15, 0.2) is 5.82 Å². The van der Waals surface area contributed by atoms with Crippen LogP contribution < -0.4 is 0 Å². The molecule has 1 saturated heterocycles. The summed E-state index contributed by atoms with van der Waals surface area (Å²) in [6.07, 6.45) is 1.15. The van der Waals surface area contributed by atoms with Crippen LogP contribution in [0.4, 0.5) is 0 Å². The summed E-state index contributed by atoms with van der Waals surface area (Å²) in [6.45, 7) is 2.91. The molecule has 5 heteroatoms. The highest BCUT2D eigenvalue weighted by Gasteiger charge is 2.23. The summed E-state index contributed by atoms with van der Waals surface area (Å²) in [4.78, 5) is 14.9. The van der Waals surface area contributed by atoms with E-state index in [4.69, 9.17) is 9.26 Å². The zero-order valence-corrected chi connectivity index (χ0v) is 8.02. The lowest BCUT2D eigenvalue weighted by Crippen LogP contribution is -2.01. The van der Waals surface area contributed by atoms with Gasteiger partial charge in [0.2, 0.25) is 5.89 Å². The molecule has 5 nitrogen and oxygen atoms in total. The van der Waals surface area contributed by atoms with Gasteiger partial charge in [-0.3, -0.25) is 4.79 Å². The van der Waals surface area contributed by atoms with Crippen LogP contribution in [0.25, 0.3) is 0 Å². The Bertz CT molecular complexity index is 329. The van der Waals surface area contributed by atoms with Crippen molar-refractivity contribution in [2.24, 2.45) is 0 Å². The Morgan fingerprint density at radius 1 is 1.64 bits per heavy atom. The van der Waals surface area contributed by atoms with Crippen molar-refractivity contribution in [2.45, 2.75) is 25.7 Å². The smallest absolute Gasteiger partial charge is 0.234 e. The average molecular weight is 196 g/mol. The first kappa shape index (κ1) is 9.33. The summed E-state index contributed by atoms with van der Waals surface area (Å²) in [5.41, 5.74) is 0. The van der Waals surface area contributed by atoms with Crippen LogP contribution in [-0.4, -0.2) is 29.1 Å². The van der Waals surface area contributed by atoms with Crippen molar-refractivity contribution < 1.29 is 14.1 Å². The molecular weight excluding hydrogens is 184 g/mol. The molecule has 0 radical (unpaired) electrons. The SMILES string of the molecule is CC(=O)Cc1nc(C2CCOC2)no1. The molecule has 0 aliphatic carbocycles. The second-order valence-electron chi connectivity index (χ2n) is 3.49. The molecule has 0 aromatic carbocycles. The van der Waals surface area contributed by atoms with Gasteiger partial charge < -0.3 is 9.26 Å². The molecular formula is C9H12N2O3. The quantitative estimate of drug-likeness (QED) is 0.712. The number of Topliss-reactive ketones (excluding diaryl/α,β-unsaturated/α-hetero) is 1. The van der Waals surface area contributed by atoms with Crippen LogP contribution in [0, 0.1) is 0 Å². The van der Waals surface area contributed by atoms with Gasteiger partial charge in [0.25, 0.3) is 0 Å². The lowest BCUT2D eigenvalue weighted by molar-refractivity contribution is -0.116. The van der Waals surface area contributed by atoms with Crippen molar-refractivity contribution in [1.29, 1.82) is 0 Å². The monoisotopic (exact) mass is 196 g/mol. The molecule has 0 spiro atoms. The van der Waals surface area contributed by atoms with Gasteiger partial charge in [-0.25, -0.2) is 0 Å². The second-order valence-corrected chi connectivity index (χ2v) is 3.49. The van der Waals surface area contributed by atoms with E-state index in [1.165, 1.54) is 6.92 Å². The number of nitrogens with zero attached hydrogens (tertiary/aromatic N) is 2. The van der Waals surface area contributed by atoms with E-state index in [9.17, 15) is 4.79 Å². The maximum Gasteiger partial charge on any atom is 0.234 e. The highest BCUT2D eigenvalue weighted by Crippen LogP contribution is 2.22. The third kappa shape index (κ3) is 1.98. The fraction of sp³-hybridized carbons (Fsp3) is 0.667. The van der Waals surface area contributed by atoms with Crippen molar-refractivity contribution in [3.63, 3.8) is 0 Å². The first-order valence-corrected chi connectivity index (χ1v) is 4.65. The Morgan fingerprint density at radius 3 is 3.14 bits per heavy atom. The predicted octanol–water partition coefficient (Wildman–Crippen LogP) is 0.705. The van der Waals surface area contributed by atoms with Gasteiger partial charge in [-0.2, -0.15) is 4.98 Å². The number of ketones is 1. The topological polar surface area (TPSA) is 65.2 Å². The molecule has 1 unspecified atom stereocenters. The fourth-order valence-electron chi connectivity index (χ4n) is 1.46. The number of hydrogen-bond donors (Lipinski definition) is 0. The summed E-state index contributed by atoms with van der Waals surface area (Å²) in [6, 6.07) is 0. The van der Waals surface area contributed by atoms with Crippen molar-refractivity contribution >= 4 is 5.78 Å². The molecule has 1 fully saturated rings. The molecule has 1 aromatic heterocycles. The summed E-state index contributed by atoms with van der Waals surface area (Å²) in [5.74, 6) is 1.33. The molecule has 1 atom stereocenters. The normalized spacial score (nSPS) is 21.4. The molecule has 0 N–H and O–H groups in total. The van der Waals surface area contributed by atoms with Crippen LogP contribution in [0.15, 0.2) is 4.52 Å². The van der Waals surface area contributed by atoms with Crippen LogP contribution in [0.3, 0.4) is 0 Å². The van der Waals surface area contributed by atoms with Crippen LogP contribution in [0.5, 0.6) is 0 Å². The van der Waals surface area contributed by atoms with Gasteiger partial charge in [-0.1, -0.05) is 5.16 Å². The van der Waals surface area contributed by atoms with Crippen LogP contribution in [0.1, 0.15) is 31.0 Å². The van der Waals surface area contributed by atoms with Crippen molar-refractivity contribution in [1.82, 2.24) is 10.1 Å². The van der Waals surface area contributed by atoms with Crippen molar-refractivity contribution in [3.05, 3.63) is 11.7 Å². The van der Waals surface area contributed by atoms with E-state index < -0.39 is 0 Å². The first-order chi connectivity index (χ1) is 6.75. The van der Waals surface area contributed by atoms with E-state index in [0.717, 1.165) is 13.0 Å². The predicted molar refractivity (Wildman–Crippen MR) is 46.9 cm³/mol. The van der Waals surface area contributed by atoms with Crippen molar-refractivity contribution in [2.75, 3.05) is 13.2 Å². The van der Waals surface area contributed by atoms with E-state index in [2.05, 4.69) is 10.1 Å². The van der Waals surface area contributed by atoms with Gasteiger partial charge in [-0.15, -0.1) is 0 Å². The largest absolute Gasteiger partial charge is 0.381 e. The Labute approximate surface area is 81.4 Å². The summed E-state index contributed by atoms with van der Waals surface area (Å²) < 4.78 is 10.2. The third-order valence-corrected chi connectivity index (χ3v) is 2.18. The summed E-state index contributed by atoms with van der Waals surface area (Å²) >= 11 is 0. The third-order valence-electron chi connectivity index (χ3n) is 2.18. The van der Waals surface area contributed by atoms with Crippen LogP contribution in [0.2, 0.25) is 0 Å². The Hall–Kier alpha value is -1.23. The first-order valence-electron chi connectivity index (χ1n) is 4.65. The Morgan fingerprint density at radius 2 is 2.50 bits per heavy atom. The number of carbonyl (C=O) groups excluding carboxylic acids is 1. The van der Waals surface area contributed by atoms with E-state index in [-0.39, 0.29) is 18.1 Å². The summed E-state index contributed by atoms with van der Waals surface area (Å²) in [5, 5.41) is 3.83. The van der Waals surface area contributed by atoms with Crippen molar-refractivity contribution in [3.8, 4) is 0 Å². The Balaban J connectivity index is 2.05. The van der Waals surface area contributed by atoms with Gasteiger partial charge in [0.1, 0.15) is 5.78 Å². The number of ether oxygens (including phenoxy) is 1. The Kier molecular flexibility index (Phi) is 2.58. The number of carbonyl (C=O) groups is 1. The molecule has 0 amide bonds. The molecule has 14 heavy (non-hydrogen) atoms. The molecule has 1 aliphatic rings. The minimum atomic E-state index is 0.0304. The molecule has 76 valence electrons. The van der Waals surface area contributed by atoms with Crippen LogP contribution >= 0.6 is 0 Å². The maximum absolute atomic E-state index is 10.8. The van der Waals surface area contributed by atoms with Crippen LogP contribution in [-0.2, 0) is 16.0 Å². The maximum atomic E-state index is 10.8. The molecule has 0 bridgehead atoms. The zero-order valence-electron chi connectivity index (χ0n) is 8.02. The fourth-order valence-corrected chi connectivity index (χ4v) is 1.46. The number of rotatable bonds is 3. The van der Waals surface area contributed by atoms with E-state index in [1.54, 1.807) is 0 Å². The molecule has 1 aromatic rings. The van der Waals surface area contributed by atoms with Gasteiger partial charge in [0, 0.05) is 12.5 Å². The minimum absolute atomic E-state index is 0.0304. The molecule has 2 heterocycles. The number of hydrogen-bond acceptors (Lipinski definition) is 5. The molecule has 2 rings (SSSR count). The van der Waals surface area contributed by atoms with E-state index in [0.29, 0.717) is 18.3 Å². The highest BCUT2D eigenvalue weighted by atomic mass is 16.5. The molecule has 0 saturated carbocycles. The molecule has 1 aliphatic heterocycles. The second kappa shape index (κ2) is 3.88. The average Bonchev–Trinajstić information content (AvgIpc) is 2.69. The highest BCUT2D eigenvalue weighted by molar-refractivity contribution is 5.77. The van der Waals surface area contributed by atoms with Gasteiger partial charge in [-0.05, 0) is 13.3 Å². The lowest BCUT2D eigenvalue weighted by Gasteiger charge is -1.97. The zero-order chi connectivity index (χ0) is 9.97. The van der Waals surface area contributed by atoms with Gasteiger partial charge in [0.05, 0.1) is 13.0 Å². The van der Waals surface area contributed by atoms with E-state index >= 15 is 0 Å². The number of aromatic nitrogens is 2. The lowest BCUT2D eigenvalue weighted by atomic mass is 10.1. The van der Waals surface area contributed by atoms with Gasteiger partial charge >= 0.3 is 0 Å².